The summed E-state index contributed by atoms with van der Waals surface area (Å²) in [5.74, 6) is 0. The Morgan fingerprint density at radius 3 is 2.57 bits per heavy atom. The molecule has 0 unspecified atom stereocenters. The molecule has 72 valence electrons. The maximum absolute atomic E-state index is 2.34. The van der Waals surface area contributed by atoms with Crippen molar-refractivity contribution < 1.29 is 0 Å². The highest BCUT2D eigenvalue weighted by molar-refractivity contribution is 5.77. The lowest BCUT2D eigenvalue weighted by Gasteiger charge is -2.12. The van der Waals surface area contributed by atoms with Gasteiger partial charge in [-0.3, -0.25) is 0 Å². The molecule has 0 aromatic heterocycles. The van der Waals surface area contributed by atoms with Gasteiger partial charge in [0.2, 0.25) is 0 Å². The van der Waals surface area contributed by atoms with Crippen molar-refractivity contribution in [1.82, 2.24) is 0 Å². The van der Waals surface area contributed by atoms with Crippen molar-refractivity contribution in [2.45, 2.75) is 26.7 Å². The minimum absolute atomic E-state index is 1.19. The van der Waals surface area contributed by atoms with Gasteiger partial charge in [-0.1, -0.05) is 42.0 Å². The molecule has 0 atom stereocenters. The van der Waals surface area contributed by atoms with Crippen molar-refractivity contribution >= 4 is 5.57 Å². The summed E-state index contributed by atoms with van der Waals surface area (Å²) in [6, 6.07) is 8.59. The van der Waals surface area contributed by atoms with Crippen LogP contribution in [0.25, 0.3) is 5.57 Å². The lowest BCUT2D eigenvalue weighted by atomic mass is 9.93. The van der Waals surface area contributed by atoms with E-state index in [0.29, 0.717) is 0 Å². The molecule has 0 heterocycles. The van der Waals surface area contributed by atoms with E-state index in [1.807, 2.05) is 0 Å². The largest absolute Gasteiger partial charge is 0.0763 e. The van der Waals surface area contributed by atoms with E-state index in [1.165, 1.54) is 35.1 Å². The van der Waals surface area contributed by atoms with Crippen LogP contribution in [0, 0.1) is 6.92 Å². The van der Waals surface area contributed by atoms with Crippen molar-refractivity contribution in [2.75, 3.05) is 0 Å². The molecular formula is C14H16. The Hall–Kier alpha value is -1.30. The van der Waals surface area contributed by atoms with Crippen molar-refractivity contribution in [3.63, 3.8) is 0 Å². The molecule has 2 rings (SSSR count). The van der Waals surface area contributed by atoms with Gasteiger partial charge < -0.3 is 0 Å². The fourth-order valence-electron chi connectivity index (χ4n) is 1.94. The Morgan fingerprint density at radius 2 is 1.86 bits per heavy atom. The molecule has 0 radical (unpaired) electrons. The third-order valence-corrected chi connectivity index (χ3v) is 2.76. The quantitative estimate of drug-likeness (QED) is 0.616. The van der Waals surface area contributed by atoms with Gasteiger partial charge in [0, 0.05) is 0 Å². The summed E-state index contributed by atoms with van der Waals surface area (Å²) >= 11 is 0. The minimum Gasteiger partial charge on any atom is -0.0763 e. The molecule has 0 saturated heterocycles. The Balaban J connectivity index is 2.41. The number of allylic oxidation sites excluding steroid dienone is 4. The van der Waals surface area contributed by atoms with E-state index in [-0.39, 0.29) is 0 Å². The van der Waals surface area contributed by atoms with Gasteiger partial charge in [0.1, 0.15) is 0 Å². The number of hydrogen-bond acceptors (Lipinski definition) is 0. The predicted molar refractivity (Wildman–Crippen MR) is 62.1 cm³/mol. The number of benzene rings is 1. The van der Waals surface area contributed by atoms with Crippen molar-refractivity contribution in [3.05, 3.63) is 53.1 Å². The first-order chi connectivity index (χ1) is 6.77. The second kappa shape index (κ2) is 3.83. The van der Waals surface area contributed by atoms with Crippen molar-refractivity contribution in [2.24, 2.45) is 0 Å². The van der Waals surface area contributed by atoms with Gasteiger partial charge >= 0.3 is 0 Å². The topological polar surface area (TPSA) is 0 Å². The molecule has 0 bridgehead atoms. The summed E-state index contributed by atoms with van der Waals surface area (Å²) in [4.78, 5) is 0. The maximum atomic E-state index is 2.34. The predicted octanol–water partition coefficient (Wildman–Crippen LogP) is 4.12. The summed E-state index contributed by atoms with van der Waals surface area (Å²) in [7, 11) is 0. The lowest BCUT2D eigenvalue weighted by molar-refractivity contribution is 0.965. The van der Waals surface area contributed by atoms with Crippen LogP contribution in [0.1, 0.15) is 30.9 Å². The van der Waals surface area contributed by atoms with Crippen LogP contribution < -0.4 is 0 Å². The van der Waals surface area contributed by atoms with Crippen LogP contribution in [-0.4, -0.2) is 0 Å². The van der Waals surface area contributed by atoms with Crippen molar-refractivity contribution in [3.8, 4) is 0 Å². The Bertz CT molecular complexity index is 394. The van der Waals surface area contributed by atoms with Crippen molar-refractivity contribution in [1.29, 1.82) is 0 Å². The van der Waals surface area contributed by atoms with Gasteiger partial charge in [-0.25, -0.2) is 0 Å². The molecule has 0 nitrogen and oxygen atoms in total. The third-order valence-electron chi connectivity index (χ3n) is 2.76. The van der Waals surface area contributed by atoms with Crippen LogP contribution in [-0.2, 0) is 0 Å². The molecular weight excluding hydrogens is 168 g/mol. The number of hydrogen-bond donors (Lipinski definition) is 0. The smallest absolute Gasteiger partial charge is 0.0158 e. The van der Waals surface area contributed by atoms with Crippen LogP contribution in [0.5, 0.6) is 0 Å². The normalized spacial score (nSPS) is 16.1. The highest BCUT2D eigenvalue weighted by Crippen LogP contribution is 2.26. The third kappa shape index (κ3) is 1.79. The van der Waals surface area contributed by atoms with Gasteiger partial charge in [-0.2, -0.15) is 0 Å². The first-order valence-corrected chi connectivity index (χ1v) is 5.21. The monoisotopic (exact) mass is 184 g/mol. The zero-order valence-electron chi connectivity index (χ0n) is 8.88. The lowest BCUT2D eigenvalue weighted by Crippen LogP contribution is -1.92. The second-order valence-corrected chi connectivity index (χ2v) is 4.00. The van der Waals surface area contributed by atoms with E-state index in [0.717, 1.165) is 0 Å². The second-order valence-electron chi connectivity index (χ2n) is 4.00. The fourth-order valence-corrected chi connectivity index (χ4v) is 1.94. The van der Waals surface area contributed by atoms with Gasteiger partial charge in [0.05, 0.1) is 0 Å². The molecule has 0 fully saturated rings. The first kappa shape index (κ1) is 9.26. The molecule has 1 aromatic rings. The van der Waals surface area contributed by atoms with Crippen LogP contribution in [0.3, 0.4) is 0 Å². The van der Waals surface area contributed by atoms with E-state index in [1.54, 1.807) is 0 Å². The van der Waals surface area contributed by atoms with Crippen LogP contribution in [0.2, 0.25) is 0 Å². The van der Waals surface area contributed by atoms with Gasteiger partial charge in [-0.15, -0.1) is 0 Å². The number of rotatable bonds is 1. The Morgan fingerprint density at radius 1 is 1.07 bits per heavy atom. The molecule has 0 spiro atoms. The first-order valence-electron chi connectivity index (χ1n) is 5.21. The standard InChI is InChI=1S/C14H16/c1-11-6-5-8-13(10-11)14-9-4-3-7-12(14)2/h3-4,7-10H,5-6H2,1-2H3. The average Bonchev–Trinajstić information content (AvgIpc) is 2.18. The average molecular weight is 184 g/mol. The summed E-state index contributed by atoms with van der Waals surface area (Å²) < 4.78 is 0. The molecule has 14 heavy (non-hydrogen) atoms. The highest BCUT2D eigenvalue weighted by atomic mass is 14.1. The zero-order chi connectivity index (χ0) is 9.97. The summed E-state index contributed by atoms with van der Waals surface area (Å²) in [5.41, 5.74) is 5.63. The molecule has 1 aromatic carbocycles. The minimum atomic E-state index is 1.19. The van der Waals surface area contributed by atoms with E-state index >= 15 is 0 Å². The van der Waals surface area contributed by atoms with Crippen LogP contribution in [0.4, 0.5) is 0 Å². The molecule has 0 heteroatoms. The van der Waals surface area contributed by atoms with E-state index in [4.69, 9.17) is 0 Å². The summed E-state index contributed by atoms with van der Waals surface area (Å²) in [6.45, 7) is 4.39. The zero-order valence-corrected chi connectivity index (χ0v) is 8.88. The van der Waals surface area contributed by atoms with Gasteiger partial charge in [-0.05, 0) is 43.4 Å². The molecule has 0 amide bonds. The van der Waals surface area contributed by atoms with E-state index in [2.05, 4.69) is 50.3 Å². The Labute approximate surface area is 86.0 Å². The van der Waals surface area contributed by atoms with Crippen LogP contribution >= 0.6 is 0 Å². The molecule has 0 N–H and O–H groups in total. The molecule has 1 aliphatic carbocycles. The molecule has 1 aliphatic rings. The SMILES string of the molecule is CC1=CC(c2ccccc2C)=CCC1. The van der Waals surface area contributed by atoms with Crippen LogP contribution in [0.15, 0.2) is 42.0 Å². The number of aryl methyl sites for hydroxylation is 1. The van der Waals surface area contributed by atoms with Gasteiger partial charge in [0.15, 0.2) is 0 Å². The summed E-state index contributed by atoms with van der Waals surface area (Å²) in [5, 5.41) is 0. The van der Waals surface area contributed by atoms with E-state index in [9.17, 15) is 0 Å². The summed E-state index contributed by atoms with van der Waals surface area (Å²) in [6.07, 6.45) is 7.06. The fraction of sp³-hybridized carbons (Fsp3) is 0.286. The molecule has 0 aliphatic heterocycles. The van der Waals surface area contributed by atoms with E-state index < -0.39 is 0 Å². The van der Waals surface area contributed by atoms with Gasteiger partial charge in [0.25, 0.3) is 0 Å². The maximum Gasteiger partial charge on any atom is -0.0158 e. The highest BCUT2D eigenvalue weighted by Gasteiger charge is 2.05. The molecule has 0 saturated carbocycles. The Kier molecular flexibility index (Phi) is 2.53.